The number of ether oxygens (including phenoxy) is 2. The minimum Gasteiger partial charge on any atom is -0.481 e. The number of esters is 2. The van der Waals surface area contributed by atoms with Crippen molar-refractivity contribution in [1.29, 1.82) is 0 Å². The normalized spacial score (nSPS) is 24.8. The summed E-state index contributed by atoms with van der Waals surface area (Å²) in [6.45, 7) is 3.65. The molecule has 0 radical (unpaired) electrons. The van der Waals surface area contributed by atoms with E-state index in [0.29, 0.717) is 0 Å². The number of rotatable bonds is 7. The minimum absolute atomic E-state index is 0.0224. The quantitative estimate of drug-likeness (QED) is 0.672. The van der Waals surface area contributed by atoms with Crippen LogP contribution in [0.15, 0.2) is 18.2 Å². The van der Waals surface area contributed by atoms with E-state index in [-0.39, 0.29) is 41.9 Å². The van der Waals surface area contributed by atoms with Crippen LogP contribution in [-0.4, -0.2) is 42.1 Å². The lowest BCUT2D eigenvalue weighted by molar-refractivity contribution is -0.148. The Kier molecular flexibility index (Phi) is 6.20. The van der Waals surface area contributed by atoms with Gasteiger partial charge in [0, 0.05) is 5.69 Å². The van der Waals surface area contributed by atoms with Gasteiger partial charge in [0.2, 0.25) is 5.91 Å². The average Bonchev–Trinajstić information content (AvgIpc) is 3.29. The Labute approximate surface area is 168 Å². The first-order valence-corrected chi connectivity index (χ1v) is 9.88. The van der Waals surface area contributed by atoms with Crippen LogP contribution >= 0.6 is 0 Å². The van der Waals surface area contributed by atoms with Gasteiger partial charge in [0.15, 0.2) is 0 Å². The van der Waals surface area contributed by atoms with E-state index < -0.39 is 35.7 Å². The molecule has 8 nitrogen and oxygen atoms in total. The van der Waals surface area contributed by atoms with Gasteiger partial charge in [-0.05, 0) is 63.1 Å². The summed E-state index contributed by atoms with van der Waals surface area (Å²) in [5.41, 5.74) is 0.446. The van der Waals surface area contributed by atoms with Gasteiger partial charge in [-0.3, -0.25) is 9.59 Å². The van der Waals surface area contributed by atoms with Crippen LogP contribution in [0, 0.1) is 23.7 Å². The van der Waals surface area contributed by atoms with Crippen LogP contribution in [0.4, 0.5) is 5.69 Å². The predicted molar refractivity (Wildman–Crippen MR) is 102 cm³/mol. The van der Waals surface area contributed by atoms with Crippen LogP contribution in [0.25, 0.3) is 0 Å². The number of nitrogens with one attached hydrogen (secondary N) is 1. The second-order valence-corrected chi connectivity index (χ2v) is 7.45. The highest BCUT2D eigenvalue weighted by atomic mass is 16.5. The van der Waals surface area contributed by atoms with E-state index in [4.69, 9.17) is 9.47 Å². The maximum Gasteiger partial charge on any atom is 0.338 e. The van der Waals surface area contributed by atoms with Gasteiger partial charge in [-0.15, -0.1) is 0 Å². The molecule has 29 heavy (non-hydrogen) atoms. The topological polar surface area (TPSA) is 119 Å². The lowest BCUT2D eigenvalue weighted by Crippen LogP contribution is -2.37. The van der Waals surface area contributed by atoms with Gasteiger partial charge < -0.3 is 19.9 Å². The third-order valence-corrected chi connectivity index (χ3v) is 5.73. The van der Waals surface area contributed by atoms with Gasteiger partial charge >= 0.3 is 17.9 Å². The van der Waals surface area contributed by atoms with E-state index in [1.807, 2.05) is 0 Å². The number of carboxylic acids is 1. The monoisotopic (exact) mass is 403 g/mol. The maximum absolute atomic E-state index is 12.9. The zero-order valence-corrected chi connectivity index (χ0v) is 16.5. The molecule has 2 aliphatic rings. The van der Waals surface area contributed by atoms with Crippen molar-refractivity contribution in [3.8, 4) is 0 Å². The molecule has 156 valence electrons. The van der Waals surface area contributed by atoms with Crippen molar-refractivity contribution in [2.75, 3.05) is 18.5 Å². The summed E-state index contributed by atoms with van der Waals surface area (Å²) < 4.78 is 9.98. The van der Waals surface area contributed by atoms with E-state index >= 15 is 0 Å². The third-order valence-electron chi connectivity index (χ3n) is 5.73. The molecule has 2 fully saturated rings. The molecule has 2 saturated carbocycles. The second-order valence-electron chi connectivity index (χ2n) is 7.45. The number of carbonyl (C=O) groups is 4. The van der Waals surface area contributed by atoms with E-state index in [2.05, 4.69) is 5.32 Å². The summed E-state index contributed by atoms with van der Waals surface area (Å²) in [6.07, 6.45) is 2.41. The summed E-state index contributed by atoms with van der Waals surface area (Å²) >= 11 is 0. The zero-order chi connectivity index (χ0) is 21.1. The fraction of sp³-hybridized carbons (Fsp3) is 0.524. The number of benzene rings is 1. The molecule has 1 amide bonds. The number of fused-ring (bicyclic) bond motifs is 2. The number of carbonyl (C=O) groups excluding carboxylic acids is 3. The number of anilines is 1. The summed E-state index contributed by atoms with van der Waals surface area (Å²) in [5.74, 6) is -3.87. The van der Waals surface area contributed by atoms with Crippen molar-refractivity contribution in [3.63, 3.8) is 0 Å². The molecule has 3 unspecified atom stereocenters. The maximum atomic E-state index is 12.9. The van der Waals surface area contributed by atoms with E-state index in [9.17, 15) is 24.3 Å². The Morgan fingerprint density at radius 2 is 1.45 bits per heavy atom. The molecule has 8 heteroatoms. The molecule has 2 bridgehead atoms. The molecule has 0 aromatic heterocycles. The fourth-order valence-corrected chi connectivity index (χ4v) is 4.61. The molecule has 0 aliphatic heterocycles. The number of hydrogen-bond acceptors (Lipinski definition) is 6. The van der Waals surface area contributed by atoms with Gasteiger partial charge in [0.05, 0.1) is 36.2 Å². The molecule has 4 atom stereocenters. The lowest BCUT2D eigenvalue weighted by atomic mass is 9.78. The van der Waals surface area contributed by atoms with Gasteiger partial charge in [0.1, 0.15) is 0 Å². The van der Waals surface area contributed by atoms with Crippen LogP contribution in [0.1, 0.15) is 53.8 Å². The summed E-state index contributed by atoms with van der Waals surface area (Å²) in [5, 5.41) is 12.3. The molecular weight excluding hydrogens is 378 g/mol. The molecule has 1 aromatic carbocycles. The fourth-order valence-electron chi connectivity index (χ4n) is 4.61. The van der Waals surface area contributed by atoms with Crippen LogP contribution in [0.2, 0.25) is 0 Å². The highest BCUT2D eigenvalue weighted by Crippen LogP contribution is 2.52. The first-order chi connectivity index (χ1) is 13.8. The lowest BCUT2D eigenvalue weighted by Gasteiger charge is -2.27. The summed E-state index contributed by atoms with van der Waals surface area (Å²) in [6, 6.07) is 4.19. The van der Waals surface area contributed by atoms with Crippen molar-refractivity contribution in [3.05, 3.63) is 29.3 Å². The molecular formula is C21H25NO7. The SMILES string of the molecule is CCOC(=O)c1cc(NC(=O)[C@@H]2C3CCC(C3)C2C(=O)O)cc(C(=O)OCC)c1. The molecule has 2 N–H and O–H groups in total. The van der Waals surface area contributed by atoms with Crippen LogP contribution in [0.3, 0.4) is 0 Å². The van der Waals surface area contributed by atoms with Gasteiger partial charge in [0.25, 0.3) is 0 Å². The molecule has 0 spiro atoms. The third kappa shape index (κ3) is 4.26. The highest BCUT2D eigenvalue weighted by molar-refractivity contribution is 6.01. The van der Waals surface area contributed by atoms with Crippen molar-refractivity contribution in [2.45, 2.75) is 33.1 Å². The Morgan fingerprint density at radius 3 is 1.93 bits per heavy atom. The first kappa shape index (κ1) is 20.8. The van der Waals surface area contributed by atoms with Crippen molar-refractivity contribution in [2.24, 2.45) is 23.7 Å². The van der Waals surface area contributed by atoms with Crippen molar-refractivity contribution in [1.82, 2.24) is 0 Å². The second kappa shape index (κ2) is 8.63. The van der Waals surface area contributed by atoms with Crippen LogP contribution in [-0.2, 0) is 19.1 Å². The zero-order valence-electron chi connectivity index (χ0n) is 16.5. The molecule has 0 heterocycles. The Hall–Kier alpha value is -2.90. The van der Waals surface area contributed by atoms with Gasteiger partial charge in [-0.2, -0.15) is 0 Å². The number of amides is 1. The standard InChI is InChI=1S/C21H25NO7/c1-3-28-20(26)13-8-14(21(27)29-4-2)10-15(9-13)22-18(23)16-11-5-6-12(7-11)17(16)19(24)25/h8-12,16-17H,3-7H2,1-2H3,(H,22,23)(H,24,25)/t11?,12?,16-,17?/m1/s1. The number of aliphatic carboxylic acids is 1. The minimum atomic E-state index is -0.954. The van der Waals surface area contributed by atoms with E-state index in [1.165, 1.54) is 18.2 Å². The van der Waals surface area contributed by atoms with Gasteiger partial charge in [-0.25, -0.2) is 9.59 Å². The van der Waals surface area contributed by atoms with E-state index in [0.717, 1.165) is 19.3 Å². The number of carboxylic acid groups (broad SMARTS) is 1. The Balaban J connectivity index is 1.87. The highest BCUT2D eigenvalue weighted by Gasteiger charge is 2.54. The van der Waals surface area contributed by atoms with Crippen LogP contribution in [0.5, 0.6) is 0 Å². The Bertz CT molecular complexity index is 798. The molecule has 1 aromatic rings. The molecule has 0 saturated heterocycles. The van der Waals surface area contributed by atoms with Gasteiger partial charge in [-0.1, -0.05) is 0 Å². The summed E-state index contributed by atoms with van der Waals surface area (Å²) in [7, 11) is 0. The largest absolute Gasteiger partial charge is 0.481 e. The smallest absolute Gasteiger partial charge is 0.338 e. The van der Waals surface area contributed by atoms with Crippen molar-refractivity contribution >= 4 is 29.5 Å². The molecule has 3 rings (SSSR count). The van der Waals surface area contributed by atoms with E-state index in [1.54, 1.807) is 13.8 Å². The van der Waals surface area contributed by atoms with Crippen molar-refractivity contribution < 1.29 is 33.8 Å². The number of hydrogen-bond donors (Lipinski definition) is 2. The summed E-state index contributed by atoms with van der Waals surface area (Å²) in [4.78, 5) is 48.9. The Morgan fingerprint density at radius 1 is 0.931 bits per heavy atom. The first-order valence-electron chi connectivity index (χ1n) is 9.88. The average molecular weight is 403 g/mol. The predicted octanol–water partition coefficient (Wildman–Crippen LogP) is 2.73. The molecule has 2 aliphatic carbocycles. The van der Waals surface area contributed by atoms with Crippen LogP contribution < -0.4 is 5.32 Å².